The van der Waals surface area contributed by atoms with Gasteiger partial charge in [-0.3, -0.25) is 14.3 Å². The van der Waals surface area contributed by atoms with Crippen molar-refractivity contribution in [1.82, 2.24) is 19.7 Å². The van der Waals surface area contributed by atoms with E-state index in [1.54, 1.807) is 0 Å². The van der Waals surface area contributed by atoms with Crippen LogP contribution in [0.1, 0.15) is 58.2 Å². The fraction of sp³-hybridized carbons (Fsp3) is 0.303. The first-order valence-corrected chi connectivity index (χ1v) is 14.2. The first-order valence-electron chi connectivity index (χ1n) is 14.2. The van der Waals surface area contributed by atoms with Crippen molar-refractivity contribution in [2.75, 3.05) is 11.9 Å². The largest absolute Gasteiger partial charge is 0.484 e. The summed E-state index contributed by atoms with van der Waals surface area (Å²) in [6.07, 6.45) is 3.70. The van der Waals surface area contributed by atoms with Gasteiger partial charge in [0.05, 0.1) is 16.8 Å². The molecule has 0 saturated carbocycles. The smallest absolute Gasteiger partial charge is 0.262 e. The van der Waals surface area contributed by atoms with Crippen molar-refractivity contribution in [2.24, 2.45) is 7.05 Å². The third kappa shape index (κ3) is 3.84. The lowest BCUT2D eigenvalue weighted by molar-refractivity contribution is -0.118. The number of nitrogens with one attached hydrogen (secondary N) is 2. The normalized spacial score (nSPS) is 13.9. The van der Waals surface area contributed by atoms with Gasteiger partial charge in [-0.2, -0.15) is 5.10 Å². The number of aryl methyl sites for hydroxylation is 5. The van der Waals surface area contributed by atoms with Gasteiger partial charge in [-0.25, -0.2) is 0 Å². The molecule has 3 aromatic carbocycles. The van der Waals surface area contributed by atoms with Crippen LogP contribution in [-0.2, 0) is 31.2 Å². The molecule has 208 valence electrons. The van der Waals surface area contributed by atoms with Crippen LogP contribution in [0.25, 0.3) is 32.9 Å². The van der Waals surface area contributed by atoms with Gasteiger partial charge in [-0.15, -0.1) is 0 Å². The van der Waals surface area contributed by atoms with Crippen molar-refractivity contribution in [3.05, 3.63) is 76.1 Å². The molecule has 0 atom stereocenters. The SMILES string of the molecule is Cc1cccc(C)c1NC(=O)COc1ccc2c(c1)c1c3c(c4c(c1n2C(C)C)CCc1nn(C)cc1-4)C(=O)NC3. The summed E-state index contributed by atoms with van der Waals surface area (Å²) in [5, 5.41) is 12.9. The zero-order chi connectivity index (χ0) is 28.6. The maximum atomic E-state index is 13.3. The molecule has 0 radical (unpaired) electrons. The highest BCUT2D eigenvalue weighted by Crippen LogP contribution is 2.47. The summed E-state index contributed by atoms with van der Waals surface area (Å²) >= 11 is 0. The number of benzene rings is 3. The van der Waals surface area contributed by atoms with Crippen LogP contribution in [0, 0.1) is 13.8 Å². The predicted octanol–water partition coefficient (Wildman–Crippen LogP) is 5.75. The molecule has 0 bridgehead atoms. The number of aromatic nitrogens is 3. The van der Waals surface area contributed by atoms with Crippen molar-refractivity contribution in [3.63, 3.8) is 0 Å². The summed E-state index contributed by atoms with van der Waals surface area (Å²) in [6.45, 7) is 8.74. The lowest BCUT2D eigenvalue weighted by Crippen LogP contribution is -2.21. The number of hydrogen-bond donors (Lipinski definition) is 2. The molecule has 7 rings (SSSR count). The second-order valence-electron chi connectivity index (χ2n) is 11.5. The van der Waals surface area contributed by atoms with Gasteiger partial charge in [0.15, 0.2) is 6.61 Å². The summed E-state index contributed by atoms with van der Waals surface area (Å²) in [7, 11) is 1.94. The van der Waals surface area contributed by atoms with Gasteiger partial charge >= 0.3 is 0 Å². The van der Waals surface area contributed by atoms with Crippen LogP contribution >= 0.6 is 0 Å². The third-order valence-corrected chi connectivity index (χ3v) is 8.49. The quantitative estimate of drug-likeness (QED) is 0.293. The molecular weight excluding hydrogens is 514 g/mol. The van der Waals surface area contributed by atoms with Crippen molar-refractivity contribution < 1.29 is 14.3 Å². The Bertz CT molecular complexity index is 1910. The maximum Gasteiger partial charge on any atom is 0.262 e. The number of amides is 2. The highest BCUT2D eigenvalue weighted by atomic mass is 16.5. The molecule has 0 fully saturated rings. The monoisotopic (exact) mass is 547 g/mol. The molecule has 1 aliphatic carbocycles. The van der Waals surface area contributed by atoms with Crippen molar-refractivity contribution >= 4 is 39.3 Å². The summed E-state index contributed by atoms with van der Waals surface area (Å²) < 4.78 is 10.3. The van der Waals surface area contributed by atoms with Gasteiger partial charge in [-0.05, 0) is 81.0 Å². The van der Waals surface area contributed by atoms with Gasteiger partial charge in [0.2, 0.25) is 0 Å². The number of carbonyl (C=O) groups excluding carboxylic acids is 2. The molecule has 2 aliphatic rings. The summed E-state index contributed by atoms with van der Waals surface area (Å²) in [5.74, 6) is 0.385. The molecule has 0 unspecified atom stereocenters. The molecule has 5 aromatic rings. The first-order chi connectivity index (χ1) is 19.7. The Morgan fingerprint density at radius 2 is 1.88 bits per heavy atom. The highest BCUT2D eigenvalue weighted by molar-refractivity contribution is 6.19. The average Bonchev–Trinajstić information content (AvgIpc) is 3.61. The maximum absolute atomic E-state index is 13.3. The zero-order valence-electron chi connectivity index (χ0n) is 24.0. The van der Waals surface area contributed by atoms with E-state index < -0.39 is 0 Å². The van der Waals surface area contributed by atoms with Gasteiger partial charge in [0, 0.05) is 58.9 Å². The van der Waals surface area contributed by atoms with Crippen LogP contribution in [0.5, 0.6) is 5.75 Å². The number of rotatable bonds is 5. The Balaban J connectivity index is 1.35. The van der Waals surface area contributed by atoms with Crippen molar-refractivity contribution in [2.45, 2.75) is 53.1 Å². The van der Waals surface area contributed by atoms with Crippen LogP contribution in [-0.4, -0.2) is 32.8 Å². The molecule has 2 N–H and O–H groups in total. The van der Waals surface area contributed by atoms with Gasteiger partial charge in [0.25, 0.3) is 11.8 Å². The Hall–Kier alpha value is -4.59. The topological polar surface area (TPSA) is 90.2 Å². The second-order valence-corrected chi connectivity index (χ2v) is 11.5. The van der Waals surface area contributed by atoms with E-state index in [0.717, 1.165) is 73.9 Å². The minimum atomic E-state index is -0.205. The molecule has 1 aliphatic heterocycles. The Morgan fingerprint density at radius 3 is 2.63 bits per heavy atom. The Labute approximate surface area is 238 Å². The standard InChI is InChI=1S/C33H33N5O3/c1-17(2)38-26-12-9-20(41-16-27(39)35-31-18(3)7-6-8-19(31)4)13-22(26)29-23-14-34-33(40)30(23)28-21(32(29)38)10-11-25-24(28)15-37(5)36-25/h6-9,12-13,15,17H,10-11,14,16H2,1-5H3,(H,34,40)(H,35,39). The van der Waals surface area contributed by atoms with Crippen LogP contribution in [0.4, 0.5) is 5.69 Å². The van der Waals surface area contributed by atoms with E-state index in [1.165, 1.54) is 11.1 Å². The number of nitrogens with zero attached hydrogens (tertiary/aromatic N) is 3. The molecule has 2 aromatic heterocycles. The van der Waals surface area contributed by atoms with E-state index in [0.29, 0.717) is 12.3 Å². The molecule has 8 heteroatoms. The van der Waals surface area contributed by atoms with E-state index >= 15 is 0 Å². The summed E-state index contributed by atoms with van der Waals surface area (Å²) in [4.78, 5) is 26.1. The van der Waals surface area contributed by atoms with Crippen molar-refractivity contribution in [3.8, 4) is 16.9 Å². The number of hydrogen-bond acceptors (Lipinski definition) is 4. The zero-order valence-corrected chi connectivity index (χ0v) is 24.0. The van der Waals surface area contributed by atoms with Gasteiger partial charge in [0.1, 0.15) is 5.75 Å². The molecule has 2 amide bonds. The van der Waals surface area contributed by atoms with E-state index in [9.17, 15) is 9.59 Å². The third-order valence-electron chi connectivity index (χ3n) is 8.49. The molecule has 0 saturated heterocycles. The van der Waals surface area contributed by atoms with Crippen LogP contribution in [0.3, 0.4) is 0 Å². The number of fused-ring (bicyclic) bond motifs is 10. The van der Waals surface area contributed by atoms with E-state index in [2.05, 4.69) is 35.1 Å². The lowest BCUT2D eigenvalue weighted by Gasteiger charge is -2.22. The van der Waals surface area contributed by atoms with Crippen LogP contribution < -0.4 is 15.4 Å². The fourth-order valence-corrected chi connectivity index (χ4v) is 6.80. The van der Waals surface area contributed by atoms with Crippen LogP contribution in [0.2, 0.25) is 0 Å². The van der Waals surface area contributed by atoms with Gasteiger partial charge in [-0.1, -0.05) is 18.2 Å². The number of carbonyl (C=O) groups is 2. The molecule has 41 heavy (non-hydrogen) atoms. The molecule has 8 nitrogen and oxygen atoms in total. The highest BCUT2D eigenvalue weighted by Gasteiger charge is 2.35. The fourth-order valence-electron chi connectivity index (χ4n) is 6.80. The van der Waals surface area contributed by atoms with E-state index in [4.69, 9.17) is 9.84 Å². The van der Waals surface area contributed by atoms with Crippen molar-refractivity contribution in [1.29, 1.82) is 0 Å². The second kappa shape index (κ2) is 9.23. The van der Waals surface area contributed by atoms with E-state index in [1.807, 2.05) is 62.1 Å². The minimum Gasteiger partial charge on any atom is -0.484 e. The van der Waals surface area contributed by atoms with Crippen LogP contribution in [0.15, 0.2) is 42.6 Å². The molecule has 3 heterocycles. The van der Waals surface area contributed by atoms with Gasteiger partial charge < -0.3 is 19.9 Å². The first kappa shape index (κ1) is 25.4. The van der Waals surface area contributed by atoms with E-state index in [-0.39, 0.29) is 24.5 Å². The summed E-state index contributed by atoms with van der Waals surface area (Å²) in [6, 6.07) is 12.2. The molecular formula is C33H33N5O3. The lowest BCUT2D eigenvalue weighted by atomic mass is 9.82. The average molecular weight is 548 g/mol. The minimum absolute atomic E-state index is 0.0316. The number of ether oxygens (including phenoxy) is 1. The molecule has 0 spiro atoms. The number of anilines is 1. The number of para-hydroxylation sites is 1. The summed E-state index contributed by atoms with van der Waals surface area (Å²) in [5.41, 5.74) is 11.3. The Morgan fingerprint density at radius 1 is 1.10 bits per heavy atom. The Kier molecular flexibility index (Phi) is 5.71. The predicted molar refractivity (Wildman–Crippen MR) is 161 cm³/mol.